The Hall–Kier alpha value is -1.30. The van der Waals surface area contributed by atoms with Crippen molar-refractivity contribution in [1.82, 2.24) is 15.5 Å². The Balaban J connectivity index is 1.61. The van der Waals surface area contributed by atoms with E-state index in [1.165, 1.54) is 57.8 Å². The van der Waals surface area contributed by atoms with Gasteiger partial charge in [-0.15, -0.1) is 0 Å². The molecule has 0 aromatic carbocycles. The van der Waals surface area contributed by atoms with Crippen molar-refractivity contribution in [3.8, 4) is 0 Å². The van der Waals surface area contributed by atoms with Crippen molar-refractivity contribution >= 4 is 11.9 Å². The fourth-order valence-electron chi connectivity index (χ4n) is 4.57. The van der Waals surface area contributed by atoms with Crippen LogP contribution in [0.1, 0.15) is 70.6 Å². The van der Waals surface area contributed by atoms with E-state index in [1.807, 2.05) is 0 Å². The summed E-state index contributed by atoms with van der Waals surface area (Å²) in [7, 11) is 3.56. The molecule has 0 bridgehead atoms. The van der Waals surface area contributed by atoms with E-state index in [9.17, 15) is 4.79 Å². The highest BCUT2D eigenvalue weighted by atomic mass is 16.5. The number of guanidine groups is 1. The molecule has 1 spiro atoms. The molecule has 26 heavy (non-hydrogen) atoms. The third kappa shape index (κ3) is 5.35. The molecule has 2 N–H and O–H groups in total. The molecule has 3 aliphatic rings. The van der Waals surface area contributed by atoms with Crippen molar-refractivity contribution in [2.45, 2.75) is 88.3 Å². The quantitative estimate of drug-likeness (QED) is 0.594. The van der Waals surface area contributed by atoms with Crippen LogP contribution in [0.2, 0.25) is 0 Å². The van der Waals surface area contributed by atoms with Gasteiger partial charge in [0, 0.05) is 32.8 Å². The second kappa shape index (κ2) is 9.07. The van der Waals surface area contributed by atoms with Crippen molar-refractivity contribution in [3.05, 3.63) is 0 Å². The highest BCUT2D eigenvalue weighted by Crippen LogP contribution is 2.39. The number of nitrogens with one attached hydrogen (secondary N) is 2. The molecule has 1 aliphatic heterocycles. The summed E-state index contributed by atoms with van der Waals surface area (Å²) in [6, 6.07) is 0.857. The minimum atomic E-state index is 0.0361. The zero-order valence-electron chi connectivity index (χ0n) is 16.6. The van der Waals surface area contributed by atoms with E-state index in [4.69, 9.17) is 4.74 Å². The first-order valence-corrected chi connectivity index (χ1v) is 10.5. The first-order chi connectivity index (χ1) is 12.6. The molecule has 1 atom stereocenters. The number of aliphatic imine (C=N–C) groups is 1. The van der Waals surface area contributed by atoms with Crippen LogP contribution in [0.25, 0.3) is 0 Å². The van der Waals surface area contributed by atoms with Crippen LogP contribution in [-0.2, 0) is 9.53 Å². The van der Waals surface area contributed by atoms with Gasteiger partial charge in [-0.2, -0.15) is 0 Å². The molecular weight excluding hydrogens is 328 g/mol. The van der Waals surface area contributed by atoms with E-state index < -0.39 is 0 Å². The first-order valence-electron chi connectivity index (χ1n) is 10.5. The zero-order chi connectivity index (χ0) is 18.4. The van der Waals surface area contributed by atoms with Gasteiger partial charge in [0.25, 0.3) is 0 Å². The molecule has 0 aromatic heterocycles. The molecule has 1 saturated heterocycles. The molecule has 1 amide bonds. The molecule has 0 radical (unpaired) electrons. The van der Waals surface area contributed by atoms with Crippen LogP contribution >= 0.6 is 0 Å². The van der Waals surface area contributed by atoms with E-state index in [-0.39, 0.29) is 18.1 Å². The van der Waals surface area contributed by atoms with Gasteiger partial charge in [-0.1, -0.05) is 32.1 Å². The zero-order valence-corrected chi connectivity index (χ0v) is 16.6. The molecule has 6 nitrogen and oxygen atoms in total. The van der Waals surface area contributed by atoms with Gasteiger partial charge >= 0.3 is 0 Å². The van der Waals surface area contributed by atoms with Crippen molar-refractivity contribution in [3.63, 3.8) is 0 Å². The highest BCUT2D eigenvalue weighted by Gasteiger charge is 2.40. The van der Waals surface area contributed by atoms with Gasteiger partial charge in [0.15, 0.2) is 5.96 Å². The molecule has 1 unspecified atom stereocenters. The lowest BCUT2D eigenvalue weighted by Crippen LogP contribution is -2.52. The van der Waals surface area contributed by atoms with Gasteiger partial charge in [-0.25, -0.2) is 4.99 Å². The summed E-state index contributed by atoms with van der Waals surface area (Å²) in [5.74, 6) is 0.848. The minimum Gasteiger partial charge on any atom is -0.375 e. The number of carbonyl (C=O) groups is 1. The second-order valence-corrected chi connectivity index (χ2v) is 8.50. The average Bonchev–Trinajstić information content (AvgIpc) is 3.07. The number of nitrogens with zero attached hydrogens (tertiary/aromatic N) is 2. The Morgan fingerprint density at radius 2 is 1.73 bits per heavy atom. The van der Waals surface area contributed by atoms with Gasteiger partial charge in [-0.3, -0.25) is 4.79 Å². The fourth-order valence-corrected chi connectivity index (χ4v) is 4.57. The SMILES string of the molecule is CN(C)C(=O)CN=C(NC1CCCCC1)NC1CCOC2(CCCC2)C1. The maximum absolute atomic E-state index is 12.0. The van der Waals surface area contributed by atoms with E-state index >= 15 is 0 Å². The number of likely N-dealkylation sites (N-methyl/N-ethyl adjacent to an activating group) is 1. The average molecular weight is 365 g/mol. The van der Waals surface area contributed by atoms with E-state index in [0.29, 0.717) is 12.1 Å². The summed E-state index contributed by atoms with van der Waals surface area (Å²) in [5.41, 5.74) is 0.0886. The van der Waals surface area contributed by atoms with Crippen LogP contribution in [0.4, 0.5) is 0 Å². The number of amides is 1. The maximum atomic E-state index is 12.0. The normalized spacial score (nSPS) is 26.7. The standard InChI is InChI=1S/C20H36N4O2/c1-24(2)18(25)15-21-19(22-16-8-4-3-5-9-16)23-17-10-13-26-20(14-17)11-6-7-12-20/h16-17H,3-15H2,1-2H3,(H2,21,22,23). The molecule has 2 saturated carbocycles. The molecule has 2 aliphatic carbocycles. The molecule has 3 rings (SSSR count). The topological polar surface area (TPSA) is 66.0 Å². The minimum absolute atomic E-state index is 0.0361. The van der Waals surface area contributed by atoms with Crippen LogP contribution in [0.3, 0.4) is 0 Å². The Kier molecular flexibility index (Phi) is 6.79. The largest absolute Gasteiger partial charge is 0.375 e. The van der Waals surface area contributed by atoms with Crippen LogP contribution < -0.4 is 10.6 Å². The second-order valence-electron chi connectivity index (χ2n) is 8.50. The number of hydrogen-bond acceptors (Lipinski definition) is 3. The van der Waals surface area contributed by atoms with E-state index in [0.717, 1.165) is 25.4 Å². The van der Waals surface area contributed by atoms with Gasteiger partial charge in [-0.05, 0) is 38.5 Å². The molecule has 1 heterocycles. The van der Waals surface area contributed by atoms with E-state index in [1.54, 1.807) is 19.0 Å². The predicted octanol–water partition coefficient (Wildman–Crippen LogP) is 2.43. The summed E-state index contributed by atoms with van der Waals surface area (Å²) in [6.07, 6.45) is 13.3. The summed E-state index contributed by atoms with van der Waals surface area (Å²) in [4.78, 5) is 18.2. The smallest absolute Gasteiger partial charge is 0.243 e. The fraction of sp³-hybridized carbons (Fsp3) is 0.900. The van der Waals surface area contributed by atoms with Crippen molar-refractivity contribution in [2.75, 3.05) is 27.2 Å². The molecular formula is C20H36N4O2. The lowest BCUT2D eigenvalue weighted by molar-refractivity contribution is -0.127. The first kappa shape index (κ1) is 19.5. The summed E-state index contributed by atoms with van der Waals surface area (Å²) >= 11 is 0. The Bertz CT molecular complexity index is 494. The van der Waals surface area contributed by atoms with Crippen LogP contribution in [0.15, 0.2) is 4.99 Å². The Morgan fingerprint density at radius 3 is 2.42 bits per heavy atom. The highest BCUT2D eigenvalue weighted by molar-refractivity contribution is 5.85. The van der Waals surface area contributed by atoms with Gasteiger partial charge < -0.3 is 20.3 Å². The summed E-state index contributed by atoms with van der Waals surface area (Å²) < 4.78 is 6.16. The van der Waals surface area contributed by atoms with Gasteiger partial charge in [0.05, 0.1) is 5.60 Å². The van der Waals surface area contributed by atoms with Crippen LogP contribution in [-0.4, -0.2) is 61.7 Å². The lowest BCUT2D eigenvalue weighted by atomic mass is 9.89. The third-order valence-electron chi connectivity index (χ3n) is 6.17. The summed E-state index contributed by atoms with van der Waals surface area (Å²) in [5, 5.41) is 7.24. The van der Waals surface area contributed by atoms with Crippen molar-refractivity contribution < 1.29 is 9.53 Å². The van der Waals surface area contributed by atoms with Crippen LogP contribution in [0.5, 0.6) is 0 Å². The predicted molar refractivity (Wildman–Crippen MR) is 104 cm³/mol. The van der Waals surface area contributed by atoms with E-state index in [2.05, 4.69) is 15.6 Å². The maximum Gasteiger partial charge on any atom is 0.243 e. The lowest BCUT2D eigenvalue weighted by Gasteiger charge is -2.39. The number of ether oxygens (including phenoxy) is 1. The Morgan fingerprint density at radius 1 is 1.04 bits per heavy atom. The van der Waals surface area contributed by atoms with Crippen molar-refractivity contribution in [2.24, 2.45) is 4.99 Å². The van der Waals surface area contributed by atoms with Crippen LogP contribution in [0, 0.1) is 0 Å². The molecule has 6 heteroatoms. The number of hydrogen-bond donors (Lipinski definition) is 2. The van der Waals surface area contributed by atoms with Gasteiger partial charge in [0.1, 0.15) is 6.54 Å². The number of carbonyl (C=O) groups excluding carboxylic acids is 1. The van der Waals surface area contributed by atoms with Gasteiger partial charge in [0.2, 0.25) is 5.91 Å². The molecule has 3 fully saturated rings. The monoisotopic (exact) mass is 364 g/mol. The Labute approximate surface area is 158 Å². The third-order valence-corrected chi connectivity index (χ3v) is 6.17. The number of rotatable bonds is 4. The summed E-state index contributed by atoms with van der Waals surface area (Å²) in [6.45, 7) is 1.02. The molecule has 0 aromatic rings. The van der Waals surface area contributed by atoms with Crippen molar-refractivity contribution in [1.29, 1.82) is 0 Å². The molecule has 148 valence electrons.